The van der Waals surface area contributed by atoms with Gasteiger partial charge in [0.25, 0.3) is 5.91 Å². The largest absolute Gasteiger partial charge is 0.493 e. The molecule has 0 radical (unpaired) electrons. The van der Waals surface area contributed by atoms with E-state index in [4.69, 9.17) is 4.74 Å². The number of rotatable bonds is 8. The van der Waals surface area contributed by atoms with Gasteiger partial charge in [0.05, 0.1) is 18.2 Å². The van der Waals surface area contributed by atoms with Gasteiger partial charge in [-0.3, -0.25) is 14.5 Å². The Morgan fingerprint density at radius 1 is 1.32 bits per heavy atom. The van der Waals surface area contributed by atoms with Gasteiger partial charge in [-0.2, -0.15) is 0 Å². The molecule has 2 rings (SSSR count). The highest BCUT2D eigenvalue weighted by Crippen LogP contribution is 2.19. The van der Waals surface area contributed by atoms with Crippen LogP contribution in [0.1, 0.15) is 36.5 Å². The first-order valence-electron chi connectivity index (χ1n) is 8.99. The van der Waals surface area contributed by atoms with E-state index in [1.165, 1.54) is 0 Å². The number of ether oxygens (including phenoxy) is 1. The highest BCUT2D eigenvalue weighted by molar-refractivity contribution is 5.96. The van der Waals surface area contributed by atoms with Crippen LogP contribution in [0.3, 0.4) is 0 Å². The number of hydrogen-bond donors (Lipinski definition) is 1. The van der Waals surface area contributed by atoms with Gasteiger partial charge in [-0.25, -0.2) is 0 Å². The van der Waals surface area contributed by atoms with Gasteiger partial charge in [-0.1, -0.05) is 12.1 Å². The zero-order valence-corrected chi connectivity index (χ0v) is 15.5. The lowest BCUT2D eigenvalue weighted by Gasteiger charge is -2.26. The van der Waals surface area contributed by atoms with Crippen molar-refractivity contribution in [3.05, 3.63) is 29.8 Å². The number of likely N-dealkylation sites (N-methyl/N-ethyl adjacent to an activating group) is 1. The standard InChI is InChI=1S/C19H29N3O3/c1-4-25-17-11-6-5-9-15(17)18(23)20-12-8-14-22-13-7-10-16(22)19(24)21(2)3/h5-6,9,11,16H,4,7-8,10,12-14H2,1-3H3,(H,20,23)/t16-/m1/s1. The molecule has 0 aromatic heterocycles. The second kappa shape index (κ2) is 9.42. The van der Waals surface area contributed by atoms with Crippen LogP contribution in [0.5, 0.6) is 5.75 Å². The number of carbonyl (C=O) groups is 2. The molecule has 1 aliphatic rings. The van der Waals surface area contributed by atoms with Crippen molar-refractivity contribution in [1.82, 2.24) is 15.1 Å². The van der Waals surface area contributed by atoms with Gasteiger partial charge in [-0.15, -0.1) is 0 Å². The van der Waals surface area contributed by atoms with Crippen LogP contribution in [0, 0.1) is 0 Å². The third-order valence-electron chi connectivity index (χ3n) is 4.43. The van der Waals surface area contributed by atoms with Crippen LogP contribution in [-0.4, -0.2) is 68.0 Å². The normalized spacial score (nSPS) is 17.3. The van der Waals surface area contributed by atoms with E-state index in [2.05, 4.69) is 10.2 Å². The van der Waals surface area contributed by atoms with Gasteiger partial charge >= 0.3 is 0 Å². The summed E-state index contributed by atoms with van der Waals surface area (Å²) in [5.41, 5.74) is 0.561. The van der Waals surface area contributed by atoms with E-state index < -0.39 is 0 Å². The molecule has 1 fully saturated rings. The molecule has 0 saturated carbocycles. The molecule has 6 nitrogen and oxygen atoms in total. The van der Waals surface area contributed by atoms with E-state index in [1.54, 1.807) is 31.1 Å². The molecule has 1 atom stereocenters. The molecule has 138 valence electrons. The number of amides is 2. The Kier molecular flexibility index (Phi) is 7.25. The molecule has 6 heteroatoms. The molecule has 0 aliphatic carbocycles. The van der Waals surface area contributed by atoms with Crippen LogP contribution < -0.4 is 10.1 Å². The van der Waals surface area contributed by atoms with Crippen LogP contribution in [-0.2, 0) is 4.79 Å². The van der Waals surface area contributed by atoms with Crippen LogP contribution in [0.4, 0.5) is 0 Å². The number of likely N-dealkylation sites (tertiary alicyclic amines) is 1. The summed E-state index contributed by atoms with van der Waals surface area (Å²) in [6.45, 7) is 4.78. The number of benzene rings is 1. The van der Waals surface area contributed by atoms with Crippen LogP contribution in [0.25, 0.3) is 0 Å². The average Bonchev–Trinajstić information content (AvgIpc) is 3.07. The minimum Gasteiger partial charge on any atom is -0.493 e. The number of nitrogens with one attached hydrogen (secondary N) is 1. The molecule has 0 spiro atoms. The summed E-state index contributed by atoms with van der Waals surface area (Å²) in [7, 11) is 3.60. The molecule has 0 unspecified atom stereocenters. The van der Waals surface area contributed by atoms with Crippen LogP contribution in [0.2, 0.25) is 0 Å². The lowest BCUT2D eigenvalue weighted by Crippen LogP contribution is -2.43. The monoisotopic (exact) mass is 347 g/mol. The third-order valence-corrected chi connectivity index (χ3v) is 4.43. The molecule has 1 aromatic rings. The second-order valence-electron chi connectivity index (χ2n) is 6.47. The van der Waals surface area contributed by atoms with Gasteiger partial charge in [0, 0.05) is 27.2 Å². The maximum Gasteiger partial charge on any atom is 0.255 e. The Hall–Kier alpha value is -2.08. The smallest absolute Gasteiger partial charge is 0.255 e. The van der Waals surface area contributed by atoms with Crippen LogP contribution in [0.15, 0.2) is 24.3 Å². The minimum atomic E-state index is -0.119. The SMILES string of the molecule is CCOc1ccccc1C(=O)NCCCN1CCC[C@@H]1C(=O)N(C)C. The quantitative estimate of drug-likeness (QED) is 0.728. The Bertz CT molecular complexity index is 589. The van der Waals surface area contributed by atoms with Crippen molar-refractivity contribution in [2.24, 2.45) is 0 Å². The van der Waals surface area contributed by atoms with E-state index in [-0.39, 0.29) is 17.9 Å². The van der Waals surface area contributed by atoms with E-state index in [0.717, 1.165) is 32.4 Å². The third kappa shape index (κ3) is 5.19. The maximum absolute atomic E-state index is 12.3. The molecular weight excluding hydrogens is 318 g/mol. The highest BCUT2D eigenvalue weighted by atomic mass is 16.5. The van der Waals surface area contributed by atoms with Gasteiger partial charge < -0.3 is 15.0 Å². The first-order valence-corrected chi connectivity index (χ1v) is 8.99. The Morgan fingerprint density at radius 2 is 2.08 bits per heavy atom. The zero-order chi connectivity index (χ0) is 18.2. The molecule has 0 bridgehead atoms. The van der Waals surface area contributed by atoms with Crippen molar-refractivity contribution in [3.63, 3.8) is 0 Å². The summed E-state index contributed by atoms with van der Waals surface area (Å²) in [4.78, 5) is 28.4. The topological polar surface area (TPSA) is 61.9 Å². The van der Waals surface area contributed by atoms with E-state index in [1.807, 2.05) is 19.1 Å². The fourth-order valence-corrected chi connectivity index (χ4v) is 3.19. The summed E-state index contributed by atoms with van der Waals surface area (Å²) in [6.07, 6.45) is 2.79. The number of hydrogen-bond acceptors (Lipinski definition) is 4. The van der Waals surface area contributed by atoms with Crippen molar-refractivity contribution < 1.29 is 14.3 Å². The second-order valence-corrected chi connectivity index (χ2v) is 6.47. The molecule has 1 heterocycles. The highest BCUT2D eigenvalue weighted by Gasteiger charge is 2.31. The van der Waals surface area contributed by atoms with Crippen molar-refractivity contribution in [2.75, 3.05) is 40.3 Å². The molecule has 1 aliphatic heterocycles. The first kappa shape index (κ1) is 19.2. The summed E-state index contributed by atoms with van der Waals surface area (Å²) in [5, 5.41) is 2.95. The van der Waals surface area contributed by atoms with E-state index in [9.17, 15) is 9.59 Å². The fraction of sp³-hybridized carbons (Fsp3) is 0.579. The zero-order valence-electron chi connectivity index (χ0n) is 15.5. The van der Waals surface area contributed by atoms with Gasteiger partial charge in [0.2, 0.25) is 5.91 Å². The molecule has 1 aromatic carbocycles. The number of nitrogens with zero attached hydrogens (tertiary/aromatic N) is 2. The first-order chi connectivity index (χ1) is 12.0. The Balaban J connectivity index is 1.79. The van der Waals surface area contributed by atoms with E-state index in [0.29, 0.717) is 24.5 Å². The average molecular weight is 347 g/mol. The summed E-state index contributed by atoms with van der Waals surface area (Å²) in [6, 6.07) is 7.26. The predicted octanol–water partition coefficient (Wildman–Crippen LogP) is 1.76. The minimum absolute atomic E-state index is 0.00983. The lowest BCUT2D eigenvalue weighted by atomic mass is 10.2. The Morgan fingerprint density at radius 3 is 2.80 bits per heavy atom. The van der Waals surface area contributed by atoms with Crippen molar-refractivity contribution in [1.29, 1.82) is 0 Å². The number of para-hydroxylation sites is 1. The fourth-order valence-electron chi connectivity index (χ4n) is 3.19. The number of carbonyl (C=O) groups excluding carboxylic acids is 2. The van der Waals surface area contributed by atoms with E-state index >= 15 is 0 Å². The summed E-state index contributed by atoms with van der Waals surface area (Å²) in [5.74, 6) is 0.664. The Labute approximate surface area is 150 Å². The summed E-state index contributed by atoms with van der Waals surface area (Å²) >= 11 is 0. The molecule has 25 heavy (non-hydrogen) atoms. The molecule has 1 saturated heterocycles. The van der Waals surface area contributed by atoms with Crippen molar-refractivity contribution in [2.45, 2.75) is 32.2 Å². The van der Waals surface area contributed by atoms with Gasteiger partial charge in [-0.05, 0) is 44.9 Å². The van der Waals surface area contributed by atoms with Gasteiger partial charge in [0.15, 0.2) is 0 Å². The maximum atomic E-state index is 12.3. The van der Waals surface area contributed by atoms with Crippen LogP contribution >= 0.6 is 0 Å². The lowest BCUT2D eigenvalue weighted by molar-refractivity contribution is -0.133. The van der Waals surface area contributed by atoms with Crippen molar-refractivity contribution >= 4 is 11.8 Å². The predicted molar refractivity (Wildman–Crippen MR) is 97.9 cm³/mol. The summed E-state index contributed by atoms with van der Waals surface area (Å²) < 4.78 is 5.50. The molecule has 1 N–H and O–H groups in total. The molecule has 2 amide bonds. The van der Waals surface area contributed by atoms with Crippen molar-refractivity contribution in [3.8, 4) is 5.75 Å². The molecular formula is C19H29N3O3. The van der Waals surface area contributed by atoms with Gasteiger partial charge in [0.1, 0.15) is 5.75 Å².